The number of rotatable bonds is 5. The third kappa shape index (κ3) is 4.81. The molecule has 1 aliphatic heterocycles. The Morgan fingerprint density at radius 1 is 1.12 bits per heavy atom. The number of hydrogen-bond donors (Lipinski definition) is 1. The Morgan fingerprint density at radius 3 is 2.70 bits per heavy atom. The van der Waals surface area contributed by atoms with Crippen molar-refractivity contribution in [2.45, 2.75) is 32.7 Å². The van der Waals surface area contributed by atoms with E-state index in [1.54, 1.807) is 11.3 Å². The average Bonchev–Trinajstić information content (AvgIpc) is 3.16. The quantitative estimate of drug-likeness (QED) is 0.604. The van der Waals surface area contributed by atoms with Gasteiger partial charge in [-0.25, -0.2) is 0 Å². The Bertz CT molecular complexity index is 1200. The summed E-state index contributed by atoms with van der Waals surface area (Å²) in [6, 6.07) is 17.4. The van der Waals surface area contributed by atoms with Gasteiger partial charge in [-0.1, -0.05) is 49.4 Å². The van der Waals surface area contributed by atoms with Gasteiger partial charge in [0.2, 0.25) is 5.91 Å². The van der Waals surface area contributed by atoms with Gasteiger partial charge in [0.15, 0.2) is 0 Å². The topological polar surface area (TPSA) is 59.4 Å². The lowest BCUT2D eigenvalue weighted by Crippen LogP contribution is -2.48. The summed E-state index contributed by atoms with van der Waals surface area (Å²) in [6.45, 7) is 7.23. The first-order valence-electron chi connectivity index (χ1n) is 11.9. The van der Waals surface area contributed by atoms with E-state index in [0.717, 1.165) is 62.6 Å². The van der Waals surface area contributed by atoms with Crippen LogP contribution in [-0.4, -0.2) is 48.4 Å². The number of carbonyl (C=O) groups is 1. The van der Waals surface area contributed by atoms with Crippen molar-refractivity contribution in [3.05, 3.63) is 64.0 Å². The average molecular weight is 459 g/mol. The van der Waals surface area contributed by atoms with Crippen LogP contribution in [-0.2, 0) is 24.2 Å². The van der Waals surface area contributed by atoms with Crippen molar-refractivity contribution in [2.24, 2.45) is 5.92 Å². The van der Waals surface area contributed by atoms with Crippen molar-refractivity contribution >= 4 is 33.0 Å². The molecule has 2 aromatic carbocycles. The van der Waals surface area contributed by atoms with E-state index in [9.17, 15) is 10.1 Å². The maximum atomic E-state index is 12.8. The fraction of sp³-hybridized carbons (Fsp3) is 0.407. The molecule has 0 spiro atoms. The summed E-state index contributed by atoms with van der Waals surface area (Å²) in [6.07, 6.45) is 3.09. The minimum Gasteiger partial charge on any atom is -0.315 e. The van der Waals surface area contributed by atoms with Crippen LogP contribution in [0, 0.1) is 17.2 Å². The second-order valence-corrected chi connectivity index (χ2v) is 10.5. The summed E-state index contributed by atoms with van der Waals surface area (Å²) < 4.78 is 0. The number of carbonyl (C=O) groups excluding carboxylic acids is 1. The summed E-state index contributed by atoms with van der Waals surface area (Å²) in [7, 11) is 0. The van der Waals surface area contributed by atoms with E-state index in [-0.39, 0.29) is 5.91 Å². The SMILES string of the molecule is CC1CCc2c(sc(NC(=O)CN3CCN(Cc4cccc5ccccc45)CC3)c2C#N)C1. The van der Waals surface area contributed by atoms with E-state index in [1.165, 1.54) is 21.2 Å². The van der Waals surface area contributed by atoms with Gasteiger partial charge in [-0.15, -0.1) is 11.3 Å². The Morgan fingerprint density at radius 2 is 1.88 bits per heavy atom. The van der Waals surface area contributed by atoms with E-state index in [1.807, 2.05) is 0 Å². The monoisotopic (exact) mass is 458 g/mol. The van der Waals surface area contributed by atoms with Crippen molar-refractivity contribution in [3.8, 4) is 6.07 Å². The number of piperazine rings is 1. The van der Waals surface area contributed by atoms with Crippen LogP contribution in [0.2, 0.25) is 0 Å². The molecule has 1 atom stereocenters. The largest absolute Gasteiger partial charge is 0.315 e. The molecule has 1 amide bonds. The Labute approximate surface area is 199 Å². The zero-order valence-electron chi connectivity index (χ0n) is 19.1. The first kappa shape index (κ1) is 22.1. The van der Waals surface area contributed by atoms with Crippen molar-refractivity contribution < 1.29 is 4.79 Å². The third-order valence-corrected chi connectivity index (χ3v) is 8.15. The van der Waals surface area contributed by atoms with Gasteiger partial charge in [0.1, 0.15) is 11.1 Å². The number of anilines is 1. The zero-order valence-corrected chi connectivity index (χ0v) is 20.0. The molecule has 1 saturated heterocycles. The summed E-state index contributed by atoms with van der Waals surface area (Å²) in [5.74, 6) is 0.636. The summed E-state index contributed by atoms with van der Waals surface area (Å²) in [5, 5.41) is 16.1. The molecule has 5 nitrogen and oxygen atoms in total. The molecule has 170 valence electrons. The predicted molar refractivity (Wildman–Crippen MR) is 135 cm³/mol. The lowest BCUT2D eigenvalue weighted by atomic mass is 9.89. The second kappa shape index (κ2) is 9.64. The number of nitrogens with zero attached hydrogens (tertiary/aromatic N) is 3. The van der Waals surface area contributed by atoms with Crippen LogP contribution in [0.15, 0.2) is 42.5 Å². The number of amides is 1. The van der Waals surface area contributed by atoms with Gasteiger partial charge in [0.25, 0.3) is 0 Å². The van der Waals surface area contributed by atoms with Crippen LogP contribution in [0.3, 0.4) is 0 Å². The van der Waals surface area contributed by atoms with Crippen LogP contribution in [0.5, 0.6) is 0 Å². The Kier molecular flexibility index (Phi) is 6.45. The van der Waals surface area contributed by atoms with Crippen LogP contribution < -0.4 is 5.32 Å². The normalized spacial score (nSPS) is 19.2. The number of benzene rings is 2. The van der Waals surface area contributed by atoms with Crippen LogP contribution in [0.25, 0.3) is 10.8 Å². The molecule has 0 radical (unpaired) electrons. The highest BCUT2D eigenvalue weighted by atomic mass is 32.1. The first-order valence-corrected chi connectivity index (χ1v) is 12.7. The number of nitriles is 1. The van der Waals surface area contributed by atoms with E-state index in [0.29, 0.717) is 18.0 Å². The molecule has 1 unspecified atom stereocenters. The van der Waals surface area contributed by atoms with Crippen molar-refractivity contribution in [1.82, 2.24) is 9.80 Å². The highest BCUT2D eigenvalue weighted by Crippen LogP contribution is 2.39. The molecule has 6 heteroatoms. The van der Waals surface area contributed by atoms with Gasteiger partial charge in [-0.2, -0.15) is 5.26 Å². The molecular formula is C27H30N4OS. The molecule has 1 aliphatic carbocycles. The molecule has 33 heavy (non-hydrogen) atoms. The van der Waals surface area contributed by atoms with E-state index in [2.05, 4.69) is 70.6 Å². The minimum absolute atomic E-state index is 0.0133. The summed E-state index contributed by atoms with van der Waals surface area (Å²) in [5.41, 5.74) is 3.22. The first-order chi connectivity index (χ1) is 16.1. The fourth-order valence-corrected chi connectivity index (χ4v) is 6.48. The van der Waals surface area contributed by atoms with Crippen molar-refractivity contribution in [1.29, 1.82) is 5.26 Å². The predicted octanol–water partition coefficient (Wildman–Crippen LogP) is 4.65. The van der Waals surface area contributed by atoms with Crippen molar-refractivity contribution in [3.63, 3.8) is 0 Å². The number of thiophene rings is 1. The van der Waals surface area contributed by atoms with Gasteiger partial charge in [0, 0.05) is 37.6 Å². The van der Waals surface area contributed by atoms with Gasteiger partial charge in [-0.3, -0.25) is 14.6 Å². The summed E-state index contributed by atoms with van der Waals surface area (Å²) >= 11 is 1.60. The van der Waals surface area contributed by atoms with Gasteiger partial charge in [0.05, 0.1) is 12.1 Å². The molecule has 3 aromatic rings. The lowest BCUT2D eigenvalue weighted by molar-refractivity contribution is -0.117. The van der Waals surface area contributed by atoms with E-state index >= 15 is 0 Å². The molecule has 0 saturated carbocycles. The minimum atomic E-state index is -0.0133. The Hall–Kier alpha value is -2.72. The molecule has 2 heterocycles. The zero-order chi connectivity index (χ0) is 22.8. The van der Waals surface area contributed by atoms with Gasteiger partial charge in [-0.05, 0) is 47.1 Å². The van der Waals surface area contributed by atoms with Gasteiger partial charge < -0.3 is 5.32 Å². The number of nitrogens with one attached hydrogen (secondary N) is 1. The highest BCUT2D eigenvalue weighted by molar-refractivity contribution is 7.16. The maximum absolute atomic E-state index is 12.8. The molecule has 1 aromatic heterocycles. The van der Waals surface area contributed by atoms with E-state index < -0.39 is 0 Å². The summed E-state index contributed by atoms with van der Waals surface area (Å²) in [4.78, 5) is 18.7. The molecular weight excluding hydrogens is 428 g/mol. The maximum Gasteiger partial charge on any atom is 0.239 e. The molecule has 0 bridgehead atoms. The smallest absolute Gasteiger partial charge is 0.239 e. The molecule has 1 N–H and O–H groups in total. The number of hydrogen-bond acceptors (Lipinski definition) is 5. The fourth-order valence-electron chi connectivity index (χ4n) is 5.10. The molecule has 1 fully saturated rings. The molecule has 5 rings (SSSR count). The van der Waals surface area contributed by atoms with Gasteiger partial charge >= 0.3 is 0 Å². The highest BCUT2D eigenvalue weighted by Gasteiger charge is 2.25. The van der Waals surface area contributed by atoms with Crippen LogP contribution >= 0.6 is 11.3 Å². The van der Waals surface area contributed by atoms with Crippen LogP contribution in [0.1, 0.15) is 34.9 Å². The number of fused-ring (bicyclic) bond motifs is 2. The van der Waals surface area contributed by atoms with Crippen molar-refractivity contribution in [2.75, 3.05) is 38.0 Å². The lowest BCUT2D eigenvalue weighted by Gasteiger charge is -2.34. The van der Waals surface area contributed by atoms with E-state index in [4.69, 9.17) is 0 Å². The molecule has 2 aliphatic rings. The van der Waals surface area contributed by atoms with Crippen LogP contribution in [0.4, 0.5) is 5.00 Å². The standard InChI is InChI=1S/C27H30N4OS/c1-19-9-10-23-24(16-28)27(33-25(23)15-19)29-26(32)18-31-13-11-30(12-14-31)17-21-7-4-6-20-5-2-3-8-22(20)21/h2-8,19H,9-15,17-18H2,1H3,(H,29,32). The Balaban J connectivity index is 1.16. The second-order valence-electron chi connectivity index (χ2n) is 9.41. The third-order valence-electron chi connectivity index (χ3n) is 6.98.